The third-order valence-electron chi connectivity index (χ3n) is 1.54. The summed E-state index contributed by atoms with van der Waals surface area (Å²) in [5, 5.41) is 0. The van der Waals surface area contributed by atoms with Crippen LogP contribution in [0.5, 0.6) is 0 Å². The summed E-state index contributed by atoms with van der Waals surface area (Å²) in [5.74, 6) is -1.34. The molecule has 0 aromatic carbocycles. The smallest absolute Gasteiger partial charge is 0.374 e. The summed E-state index contributed by atoms with van der Waals surface area (Å²) in [6.45, 7) is 5.53. The van der Waals surface area contributed by atoms with Crippen LogP contribution in [-0.4, -0.2) is 18.4 Å². The van der Waals surface area contributed by atoms with Gasteiger partial charge in [0, 0.05) is 5.92 Å². The maximum absolute atomic E-state index is 11.0. The highest BCUT2D eigenvalue weighted by Gasteiger charge is 2.20. The number of hydrogen-bond acceptors (Lipinski definition) is 3. The predicted molar refractivity (Wildman–Crippen MR) is 41.1 cm³/mol. The summed E-state index contributed by atoms with van der Waals surface area (Å²) >= 11 is 0. The first-order valence-electron chi connectivity index (χ1n) is 3.84. The average molecular weight is 158 g/mol. The number of Topliss-reactive ketones (excluding diaryl/α,β-unsaturated/α-hetero) is 1. The highest BCUT2D eigenvalue weighted by Crippen LogP contribution is 2.02. The maximum atomic E-state index is 11.0. The van der Waals surface area contributed by atoms with E-state index in [4.69, 9.17) is 0 Å². The van der Waals surface area contributed by atoms with Crippen molar-refractivity contribution in [2.75, 3.05) is 6.61 Å². The molecule has 0 saturated carbocycles. The zero-order chi connectivity index (χ0) is 8.85. The van der Waals surface area contributed by atoms with E-state index >= 15 is 0 Å². The van der Waals surface area contributed by atoms with Crippen molar-refractivity contribution >= 4 is 11.8 Å². The summed E-state index contributed by atoms with van der Waals surface area (Å²) in [7, 11) is 0. The predicted octanol–water partition coefficient (Wildman–Crippen LogP) is 1.16. The second-order valence-electron chi connectivity index (χ2n) is 2.39. The third kappa shape index (κ3) is 3.16. The first kappa shape index (κ1) is 10.1. The Kier molecular flexibility index (Phi) is 4.50. The molecule has 0 unspecified atom stereocenters. The molecule has 0 spiro atoms. The Balaban J connectivity index is 3.92. The second kappa shape index (κ2) is 4.88. The Labute approximate surface area is 66.7 Å². The van der Waals surface area contributed by atoms with E-state index in [0.29, 0.717) is 6.42 Å². The topological polar surface area (TPSA) is 43.4 Å². The molecule has 0 rings (SSSR count). The van der Waals surface area contributed by atoms with E-state index in [2.05, 4.69) is 4.74 Å². The van der Waals surface area contributed by atoms with Crippen molar-refractivity contribution in [2.24, 2.45) is 5.92 Å². The molecule has 0 radical (unpaired) electrons. The summed E-state index contributed by atoms with van der Waals surface area (Å²) in [5.41, 5.74) is 0. The van der Waals surface area contributed by atoms with Crippen LogP contribution in [0.3, 0.4) is 0 Å². The Bertz CT molecular complexity index is 151. The van der Waals surface area contributed by atoms with Crippen LogP contribution in [0.4, 0.5) is 0 Å². The lowest BCUT2D eigenvalue weighted by Gasteiger charge is -2.04. The minimum absolute atomic E-state index is 0.214. The molecule has 1 atom stereocenters. The lowest BCUT2D eigenvalue weighted by atomic mass is 10.0. The first-order valence-corrected chi connectivity index (χ1v) is 3.84. The summed E-state index contributed by atoms with van der Waals surface area (Å²) in [4.78, 5) is 21.8. The molecule has 3 nitrogen and oxygen atoms in total. The summed E-state index contributed by atoms with van der Waals surface area (Å²) in [6, 6.07) is 0. The number of rotatable bonds is 4. The molecule has 0 aromatic heterocycles. The SMILES string of the molecule is CCOC(=O)C(=O)[C@@H](C)CC. The quantitative estimate of drug-likeness (QED) is 0.455. The van der Waals surface area contributed by atoms with E-state index in [0.717, 1.165) is 0 Å². The molecular formula is C8H14O3. The molecule has 64 valence electrons. The largest absolute Gasteiger partial charge is 0.460 e. The van der Waals surface area contributed by atoms with Crippen molar-refractivity contribution in [3.8, 4) is 0 Å². The van der Waals surface area contributed by atoms with Gasteiger partial charge in [0.15, 0.2) is 0 Å². The van der Waals surface area contributed by atoms with Crippen molar-refractivity contribution in [1.29, 1.82) is 0 Å². The zero-order valence-corrected chi connectivity index (χ0v) is 7.22. The zero-order valence-electron chi connectivity index (χ0n) is 7.22. The molecule has 0 fully saturated rings. The molecule has 0 amide bonds. The Hall–Kier alpha value is -0.860. The van der Waals surface area contributed by atoms with Crippen LogP contribution in [0, 0.1) is 5.92 Å². The number of carbonyl (C=O) groups excluding carboxylic acids is 2. The minimum atomic E-state index is -0.707. The molecule has 0 aromatic rings. The van der Waals surface area contributed by atoms with Gasteiger partial charge in [0.05, 0.1) is 6.61 Å². The average Bonchev–Trinajstić information content (AvgIpc) is 2.02. The van der Waals surface area contributed by atoms with E-state index in [9.17, 15) is 9.59 Å². The van der Waals surface area contributed by atoms with Crippen molar-refractivity contribution in [3.63, 3.8) is 0 Å². The molecular weight excluding hydrogens is 144 g/mol. The molecule has 3 heteroatoms. The van der Waals surface area contributed by atoms with Crippen LogP contribution in [0.2, 0.25) is 0 Å². The number of ketones is 1. The maximum Gasteiger partial charge on any atom is 0.374 e. The van der Waals surface area contributed by atoms with Crippen LogP contribution in [-0.2, 0) is 14.3 Å². The fraction of sp³-hybridized carbons (Fsp3) is 0.750. The molecule has 0 heterocycles. The fourth-order valence-corrected chi connectivity index (χ4v) is 0.589. The van der Waals surface area contributed by atoms with Crippen LogP contribution in [0.25, 0.3) is 0 Å². The van der Waals surface area contributed by atoms with E-state index in [-0.39, 0.29) is 12.5 Å². The third-order valence-corrected chi connectivity index (χ3v) is 1.54. The van der Waals surface area contributed by atoms with Crippen molar-refractivity contribution < 1.29 is 14.3 Å². The minimum Gasteiger partial charge on any atom is -0.460 e. The number of carbonyl (C=O) groups is 2. The van der Waals surface area contributed by atoms with E-state index in [1.807, 2.05) is 6.92 Å². The molecule has 0 N–H and O–H groups in total. The van der Waals surface area contributed by atoms with E-state index < -0.39 is 11.8 Å². The Morgan fingerprint density at radius 3 is 2.27 bits per heavy atom. The summed E-state index contributed by atoms with van der Waals surface area (Å²) < 4.78 is 4.54. The van der Waals surface area contributed by atoms with Gasteiger partial charge in [-0.3, -0.25) is 4.79 Å². The van der Waals surface area contributed by atoms with Crippen LogP contribution >= 0.6 is 0 Å². The van der Waals surface area contributed by atoms with Crippen molar-refractivity contribution in [1.82, 2.24) is 0 Å². The van der Waals surface area contributed by atoms with Gasteiger partial charge in [-0.1, -0.05) is 13.8 Å². The van der Waals surface area contributed by atoms with E-state index in [1.54, 1.807) is 13.8 Å². The van der Waals surface area contributed by atoms with Gasteiger partial charge in [0.25, 0.3) is 0 Å². The van der Waals surface area contributed by atoms with Crippen molar-refractivity contribution in [2.45, 2.75) is 27.2 Å². The molecule has 0 saturated heterocycles. The molecule has 0 aliphatic carbocycles. The monoisotopic (exact) mass is 158 g/mol. The summed E-state index contributed by atoms with van der Waals surface area (Å²) in [6.07, 6.45) is 0.678. The lowest BCUT2D eigenvalue weighted by molar-refractivity contribution is -0.155. The molecule has 0 bridgehead atoms. The van der Waals surface area contributed by atoms with Gasteiger partial charge in [-0.25, -0.2) is 4.79 Å². The van der Waals surface area contributed by atoms with Crippen LogP contribution in [0.1, 0.15) is 27.2 Å². The lowest BCUT2D eigenvalue weighted by Crippen LogP contribution is -2.23. The van der Waals surface area contributed by atoms with Gasteiger partial charge in [-0.05, 0) is 13.3 Å². The standard InChI is InChI=1S/C8H14O3/c1-4-6(3)7(9)8(10)11-5-2/h6H,4-5H2,1-3H3/t6-/m0/s1. The van der Waals surface area contributed by atoms with Gasteiger partial charge in [0.1, 0.15) is 0 Å². The van der Waals surface area contributed by atoms with Crippen molar-refractivity contribution in [3.05, 3.63) is 0 Å². The number of hydrogen-bond donors (Lipinski definition) is 0. The Morgan fingerprint density at radius 2 is 1.91 bits per heavy atom. The van der Waals surface area contributed by atoms with Gasteiger partial charge in [0.2, 0.25) is 5.78 Å². The van der Waals surface area contributed by atoms with Gasteiger partial charge >= 0.3 is 5.97 Å². The number of ether oxygens (including phenoxy) is 1. The second-order valence-corrected chi connectivity index (χ2v) is 2.39. The highest BCUT2D eigenvalue weighted by atomic mass is 16.5. The highest BCUT2D eigenvalue weighted by molar-refractivity contribution is 6.34. The van der Waals surface area contributed by atoms with Gasteiger partial charge in [-0.2, -0.15) is 0 Å². The van der Waals surface area contributed by atoms with Crippen LogP contribution < -0.4 is 0 Å². The molecule has 0 aliphatic rings. The van der Waals surface area contributed by atoms with Gasteiger partial charge in [-0.15, -0.1) is 0 Å². The Morgan fingerprint density at radius 1 is 1.36 bits per heavy atom. The number of esters is 1. The van der Waals surface area contributed by atoms with Crippen LogP contribution in [0.15, 0.2) is 0 Å². The first-order chi connectivity index (χ1) is 5.13. The molecule has 11 heavy (non-hydrogen) atoms. The van der Waals surface area contributed by atoms with E-state index in [1.165, 1.54) is 0 Å². The normalized spacial score (nSPS) is 12.3. The molecule has 0 aliphatic heterocycles. The van der Waals surface area contributed by atoms with Gasteiger partial charge < -0.3 is 4.74 Å². The fourth-order valence-electron chi connectivity index (χ4n) is 0.589.